The van der Waals surface area contributed by atoms with Crippen molar-refractivity contribution in [3.8, 4) is 34.1 Å². The van der Waals surface area contributed by atoms with Crippen LogP contribution >= 0.6 is 27.3 Å². The predicted octanol–water partition coefficient (Wildman–Crippen LogP) is 4.99. The molecule has 176 valence electrons. The summed E-state index contributed by atoms with van der Waals surface area (Å²) in [5.74, 6) is 1.26. The van der Waals surface area contributed by atoms with E-state index in [0.29, 0.717) is 15.3 Å². The summed E-state index contributed by atoms with van der Waals surface area (Å²) >= 11 is 4.87. The smallest absolute Gasteiger partial charge is 0.291 e. The highest BCUT2D eigenvalue weighted by Crippen LogP contribution is 2.32. The molecule has 6 rings (SSSR count). The van der Waals surface area contributed by atoms with Crippen molar-refractivity contribution in [1.29, 1.82) is 0 Å². The molecule has 0 atom stereocenters. The number of benzene rings is 3. The molecule has 0 saturated carbocycles. The maximum absolute atomic E-state index is 13.2. The Morgan fingerprint density at radius 3 is 2.39 bits per heavy atom. The fourth-order valence-corrected chi connectivity index (χ4v) is 5.37. The fraction of sp³-hybridized carbons (Fsp3) is 0.0370. The maximum atomic E-state index is 13.2. The van der Waals surface area contributed by atoms with Crippen molar-refractivity contribution in [2.24, 2.45) is 0 Å². The molecule has 0 aliphatic carbocycles. The van der Waals surface area contributed by atoms with E-state index < -0.39 is 0 Å². The molecule has 9 heteroatoms. The van der Waals surface area contributed by atoms with Gasteiger partial charge in [-0.15, -0.1) is 5.10 Å². The first kappa shape index (κ1) is 22.4. The van der Waals surface area contributed by atoms with E-state index in [2.05, 4.69) is 26.0 Å². The number of ether oxygens (including phenoxy) is 1. The van der Waals surface area contributed by atoms with Gasteiger partial charge in [-0.1, -0.05) is 59.9 Å². The molecule has 0 radical (unpaired) electrons. The minimum atomic E-state index is -0.209. The van der Waals surface area contributed by atoms with Gasteiger partial charge in [-0.25, -0.2) is 4.68 Å². The van der Waals surface area contributed by atoms with Crippen LogP contribution in [0.15, 0.2) is 94.3 Å². The molecule has 0 spiro atoms. The molecule has 0 fully saturated rings. The molecule has 0 bridgehead atoms. The number of thiazole rings is 1. The van der Waals surface area contributed by atoms with E-state index in [1.807, 2.05) is 95.8 Å². The van der Waals surface area contributed by atoms with E-state index in [-0.39, 0.29) is 5.56 Å². The lowest BCUT2D eigenvalue weighted by Gasteiger charge is -2.05. The van der Waals surface area contributed by atoms with E-state index >= 15 is 0 Å². The lowest BCUT2D eigenvalue weighted by Crippen LogP contribution is -2.23. The van der Waals surface area contributed by atoms with E-state index in [1.165, 1.54) is 15.9 Å². The molecule has 0 N–H and O–H groups in total. The van der Waals surface area contributed by atoms with E-state index in [4.69, 9.17) is 9.84 Å². The van der Waals surface area contributed by atoms with Crippen LogP contribution in [0, 0.1) is 0 Å². The van der Waals surface area contributed by atoms with Gasteiger partial charge in [0, 0.05) is 22.9 Å². The average molecular weight is 556 g/mol. The molecule has 6 aromatic rings. The van der Waals surface area contributed by atoms with Crippen LogP contribution in [0.2, 0.25) is 0 Å². The number of hydrogen-bond acceptors (Lipinski definition) is 6. The third kappa shape index (κ3) is 4.02. The molecular weight excluding hydrogens is 538 g/mol. The Hall–Kier alpha value is -4.08. The largest absolute Gasteiger partial charge is 0.496 e. The summed E-state index contributed by atoms with van der Waals surface area (Å²) in [4.78, 5) is 18.4. The maximum Gasteiger partial charge on any atom is 0.291 e. The van der Waals surface area contributed by atoms with Gasteiger partial charge in [0.05, 0.1) is 21.8 Å². The molecule has 7 nitrogen and oxygen atoms in total. The summed E-state index contributed by atoms with van der Waals surface area (Å²) in [5, 5.41) is 9.31. The number of halogens is 1. The van der Waals surface area contributed by atoms with Gasteiger partial charge in [-0.2, -0.15) is 14.6 Å². The Morgan fingerprint density at radius 2 is 1.69 bits per heavy atom. The molecule has 0 amide bonds. The summed E-state index contributed by atoms with van der Waals surface area (Å²) in [6, 6.07) is 25.3. The molecule has 0 saturated heterocycles. The van der Waals surface area contributed by atoms with Crippen LogP contribution in [0.25, 0.3) is 39.4 Å². The van der Waals surface area contributed by atoms with Crippen molar-refractivity contribution in [3.05, 3.63) is 110 Å². The Kier molecular flexibility index (Phi) is 5.71. The number of nitrogens with zero attached hydrogens (tertiary/aromatic N) is 5. The van der Waals surface area contributed by atoms with Gasteiger partial charge in [0.25, 0.3) is 5.56 Å². The minimum Gasteiger partial charge on any atom is -0.496 e. The van der Waals surface area contributed by atoms with Crippen LogP contribution < -0.4 is 14.8 Å². The second kappa shape index (κ2) is 9.18. The Morgan fingerprint density at radius 1 is 0.944 bits per heavy atom. The van der Waals surface area contributed by atoms with E-state index in [9.17, 15) is 4.79 Å². The Balaban J connectivity index is 1.50. The predicted molar refractivity (Wildman–Crippen MR) is 145 cm³/mol. The van der Waals surface area contributed by atoms with Crippen LogP contribution in [0.4, 0.5) is 0 Å². The molecule has 0 aliphatic rings. The van der Waals surface area contributed by atoms with Crippen molar-refractivity contribution >= 4 is 38.3 Å². The topological polar surface area (TPSA) is 74.3 Å². The van der Waals surface area contributed by atoms with Crippen LogP contribution in [-0.2, 0) is 0 Å². The normalized spacial score (nSPS) is 11.9. The number of rotatable bonds is 5. The van der Waals surface area contributed by atoms with Crippen molar-refractivity contribution in [1.82, 2.24) is 24.4 Å². The van der Waals surface area contributed by atoms with Crippen LogP contribution in [0.5, 0.6) is 5.75 Å². The minimum absolute atomic E-state index is 0.209. The molecular formula is C27H18BrN5O2S. The lowest BCUT2D eigenvalue weighted by molar-refractivity contribution is 0.412. The number of methoxy groups -OCH3 is 1. The second-order valence-electron chi connectivity index (χ2n) is 7.97. The zero-order valence-electron chi connectivity index (χ0n) is 19.0. The van der Waals surface area contributed by atoms with Crippen molar-refractivity contribution in [3.63, 3.8) is 0 Å². The van der Waals surface area contributed by atoms with Gasteiger partial charge in [0.2, 0.25) is 4.96 Å². The fourth-order valence-electron chi connectivity index (χ4n) is 3.93. The third-order valence-corrected chi connectivity index (χ3v) is 7.27. The highest BCUT2D eigenvalue weighted by Gasteiger charge is 2.16. The lowest BCUT2D eigenvalue weighted by atomic mass is 10.1. The zero-order chi connectivity index (χ0) is 24.6. The summed E-state index contributed by atoms with van der Waals surface area (Å²) in [7, 11) is 1.63. The summed E-state index contributed by atoms with van der Waals surface area (Å²) in [6.45, 7) is 0. The molecule has 0 unspecified atom stereocenters. The zero-order valence-corrected chi connectivity index (χ0v) is 21.4. The first-order valence-electron chi connectivity index (χ1n) is 11.1. The molecule has 3 aromatic carbocycles. The van der Waals surface area contributed by atoms with Crippen LogP contribution in [0.1, 0.15) is 5.56 Å². The second-order valence-corrected chi connectivity index (χ2v) is 9.84. The number of aromatic nitrogens is 5. The number of fused-ring (bicyclic) bond motifs is 1. The van der Waals surface area contributed by atoms with Crippen LogP contribution in [-0.4, -0.2) is 31.5 Å². The molecule has 0 aliphatic heterocycles. The SMILES string of the molecule is COc1ccc(-c2nn(-c3ccccc3)cc2/C=c2\sc3nc(-c4ccccc4)nn3c2=O)cc1Br. The highest BCUT2D eigenvalue weighted by molar-refractivity contribution is 9.10. The van der Waals surface area contributed by atoms with Gasteiger partial charge in [0.15, 0.2) is 5.82 Å². The average Bonchev–Trinajstić information content (AvgIpc) is 3.60. The molecule has 3 heterocycles. The number of para-hydroxylation sites is 1. The van der Waals surface area contributed by atoms with Gasteiger partial charge in [-0.3, -0.25) is 4.79 Å². The van der Waals surface area contributed by atoms with Crippen LogP contribution in [0.3, 0.4) is 0 Å². The summed E-state index contributed by atoms with van der Waals surface area (Å²) in [5.41, 5.74) is 4.02. The monoisotopic (exact) mass is 555 g/mol. The third-order valence-electron chi connectivity index (χ3n) is 5.69. The number of hydrogen-bond donors (Lipinski definition) is 0. The Bertz CT molecular complexity index is 1810. The Labute approximate surface area is 218 Å². The van der Waals surface area contributed by atoms with Gasteiger partial charge >= 0.3 is 0 Å². The van der Waals surface area contributed by atoms with Crippen molar-refractivity contribution < 1.29 is 4.74 Å². The summed E-state index contributed by atoms with van der Waals surface area (Å²) in [6.07, 6.45) is 3.78. The summed E-state index contributed by atoms with van der Waals surface area (Å²) < 4.78 is 9.91. The van der Waals surface area contributed by atoms with E-state index in [1.54, 1.807) is 7.11 Å². The van der Waals surface area contributed by atoms with E-state index in [0.717, 1.165) is 38.3 Å². The van der Waals surface area contributed by atoms with Crippen molar-refractivity contribution in [2.75, 3.05) is 7.11 Å². The standard InChI is InChI=1S/C27H18BrN5O2S/c1-35-22-13-12-18(14-21(22)28)24-19(16-32(30-24)20-10-6-3-7-11-20)15-23-26(34)33-27(36-23)29-25(31-33)17-8-4-2-5-9-17/h2-16H,1H3/b23-15-. The quantitative estimate of drug-likeness (QED) is 0.299. The molecule has 3 aromatic heterocycles. The highest BCUT2D eigenvalue weighted by atomic mass is 79.9. The van der Waals surface area contributed by atoms with Gasteiger partial charge in [-0.05, 0) is 52.3 Å². The molecule has 36 heavy (non-hydrogen) atoms. The van der Waals surface area contributed by atoms with Crippen molar-refractivity contribution in [2.45, 2.75) is 0 Å². The van der Waals surface area contributed by atoms with Gasteiger partial charge < -0.3 is 4.74 Å². The van der Waals surface area contributed by atoms with Gasteiger partial charge in [0.1, 0.15) is 11.4 Å². The first-order valence-corrected chi connectivity index (χ1v) is 12.7. The first-order chi connectivity index (χ1) is 17.6.